The standard InChI is InChI=1S/C24H29Cl2N5O2S/c1-16-14-30(11-12-31(16)23(33)18-9-5-6-10-19(18)25)21-13-20(26)28-24(29-21)34-15-22(32)27-17-7-3-2-4-8-17/h5-6,9-10,13,16-17H,2-4,7-8,11-12,14-15H2,1H3,(H,27,32). The van der Waals surface area contributed by atoms with Crippen molar-refractivity contribution < 1.29 is 9.59 Å². The van der Waals surface area contributed by atoms with Crippen molar-refractivity contribution in [2.24, 2.45) is 0 Å². The molecule has 1 atom stereocenters. The molecule has 1 aliphatic carbocycles. The van der Waals surface area contributed by atoms with E-state index in [0.29, 0.717) is 46.3 Å². The molecule has 4 rings (SSSR count). The van der Waals surface area contributed by atoms with E-state index >= 15 is 0 Å². The highest BCUT2D eigenvalue weighted by Gasteiger charge is 2.30. The minimum absolute atomic E-state index is 0.00217. The maximum Gasteiger partial charge on any atom is 0.255 e. The summed E-state index contributed by atoms with van der Waals surface area (Å²) in [7, 11) is 0. The van der Waals surface area contributed by atoms with Gasteiger partial charge in [0.25, 0.3) is 5.91 Å². The molecular formula is C24H29Cl2N5O2S. The molecule has 2 aliphatic rings. The van der Waals surface area contributed by atoms with Crippen LogP contribution in [0.25, 0.3) is 0 Å². The lowest BCUT2D eigenvalue weighted by atomic mass is 9.95. The molecule has 1 unspecified atom stereocenters. The minimum Gasteiger partial charge on any atom is -0.353 e. The first kappa shape index (κ1) is 25.1. The van der Waals surface area contributed by atoms with Crippen molar-refractivity contribution in [3.63, 3.8) is 0 Å². The van der Waals surface area contributed by atoms with Crippen LogP contribution in [-0.2, 0) is 4.79 Å². The predicted octanol–water partition coefficient (Wildman–Crippen LogP) is 4.68. The number of hydrogen-bond donors (Lipinski definition) is 1. The third-order valence-corrected chi connectivity index (χ3v) is 7.65. The highest BCUT2D eigenvalue weighted by atomic mass is 35.5. The van der Waals surface area contributed by atoms with Gasteiger partial charge in [0.15, 0.2) is 5.16 Å². The van der Waals surface area contributed by atoms with Gasteiger partial charge in [-0.25, -0.2) is 9.97 Å². The summed E-state index contributed by atoms with van der Waals surface area (Å²) in [5, 5.41) is 4.38. The summed E-state index contributed by atoms with van der Waals surface area (Å²) < 4.78 is 0. The summed E-state index contributed by atoms with van der Waals surface area (Å²) in [5.41, 5.74) is 0.514. The molecule has 1 N–H and O–H groups in total. The molecule has 1 aromatic heterocycles. The number of rotatable bonds is 6. The number of amides is 2. The summed E-state index contributed by atoms with van der Waals surface area (Å²) in [6, 6.07) is 9.08. The van der Waals surface area contributed by atoms with E-state index in [1.165, 1.54) is 31.0 Å². The lowest BCUT2D eigenvalue weighted by molar-refractivity contribution is -0.119. The normalized spacial score (nSPS) is 19.2. The van der Waals surface area contributed by atoms with Crippen LogP contribution >= 0.6 is 35.0 Å². The fraction of sp³-hybridized carbons (Fsp3) is 0.500. The summed E-state index contributed by atoms with van der Waals surface area (Å²) in [4.78, 5) is 38.2. The van der Waals surface area contributed by atoms with Crippen molar-refractivity contribution in [3.8, 4) is 0 Å². The summed E-state index contributed by atoms with van der Waals surface area (Å²) in [5.74, 6) is 0.889. The average Bonchev–Trinajstić information content (AvgIpc) is 2.83. The predicted molar refractivity (Wildman–Crippen MR) is 137 cm³/mol. The Bertz CT molecular complexity index is 1030. The molecule has 34 heavy (non-hydrogen) atoms. The van der Waals surface area contributed by atoms with Crippen LogP contribution in [0, 0.1) is 0 Å². The number of halogens is 2. The van der Waals surface area contributed by atoms with Crippen molar-refractivity contribution >= 4 is 52.6 Å². The zero-order valence-electron chi connectivity index (χ0n) is 19.2. The van der Waals surface area contributed by atoms with Crippen LogP contribution < -0.4 is 10.2 Å². The molecule has 7 nitrogen and oxygen atoms in total. The number of aromatic nitrogens is 2. The zero-order valence-corrected chi connectivity index (χ0v) is 21.5. The van der Waals surface area contributed by atoms with Gasteiger partial charge in [0.05, 0.1) is 16.3 Å². The van der Waals surface area contributed by atoms with Crippen LogP contribution in [0.5, 0.6) is 0 Å². The average molecular weight is 523 g/mol. The first-order valence-electron chi connectivity index (χ1n) is 11.7. The van der Waals surface area contributed by atoms with Crippen molar-refractivity contribution in [1.29, 1.82) is 0 Å². The first-order chi connectivity index (χ1) is 16.4. The molecule has 2 fully saturated rings. The van der Waals surface area contributed by atoms with Gasteiger partial charge < -0.3 is 15.1 Å². The Hall–Kier alpha value is -2.03. The molecular weight excluding hydrogens is 493 g/mol. The van der Waals surface area contributed by atoms with Crippen LogP contribution in [-0.4, -0.2) is 64.2 Å². The maximum absolute atomic E-state index is 13.0. The second-order valence-electron chi connectivity index (χ2n) is 8.80. The molecule has 0 radical (unpaired) electrons. The van der Waals surface area contributed by atoms with Crippen LogP contribution in [0.3, 0.4) is 0 Å². The molecule has 1 saturated carbocycles. The molecule has 2 amide bonds. The van der Waals surface area contributed by atoms with E-state index < -0.39 is 0 Å². The fourth-order valence-electron chi connectivity index (χ4n) is 4.52. The van der Waals surface area contributed by atoms with Gasteiger partial charge in [-0.15, -0.1) is 0 Å². The van der Waals surface area contributed by atoms with Crippen LogP contribution in [0.15, 0.2) is 35.5 Å². The van der Waals surface area contributed by atoms with Crippen LogP contribution in [0.2, 0.25) is 10.2 Å². The lowest BCUT2D eigenvalue weighted by Gasteiger charge is -2.40. The van der Waals surface area contributed by atoms with Gasteiger partial charge in [0.1, 0.15) is 11.0 Å². The second-order valence-corrected chi connectivity index (χ2v) is 10.5. The van der Waals surface area contributed by atoms with Gasteiger partial charge in [-0.3, -0.25) is 9.59 Å². The fourth-order valence-corrected chi connectivity index (χ4v) is 5.62. The molecule has 0 spiro atoms. The zero-order chi connectivity index (χ0) is 24.1. The number of hydrogen-bond acceptors (Lipinski definition) is 6. The third-order valence-electron chi connectivity index (χ3n) is 6.28. The van der Waals surface area contributed by atoms with Crippen LogP contribution in [0.4, 0.5) is 5.82 Å². The van der Waals surface area contributed by atoms with Crippen LogP contribution in [0.1, 0.15) is 49.4 Å². The first-order valence-corrected chi connectivity index (χ1v) is 13.4. The molecule has 1 aromatic carbocycles. The molecule has 1 aliphatic heterocycles. The second kappa shape index (κ2) is 11.6. The third kappa shape index (κ3) is 6.34. The quantitative estimate of drug-likeness (QED) is 0.338. The van der Waals surface area contributed by atoms with Crippen molar-refractivity contribution in [2.45, 2.75) is 56.3 Å². The summed E-state index contributed by atoms with van der Waals surface area (Å²) in [6.45, 7) is 3.77. The number of carbonyl (C=O) groups excluding carboxylic acids is 2. The molecule has 1 saturated heterocycles. The van der Waals surface area contributed by atoms with E-state index in [9.17, 15) is 9.59 Å². The Morgan fingerprint density at radius 1 is 1.12 bits per heavy atom. The Balaban J connectivity index is 1.36. The Morgan fingerprint density at radius 2 is 1.88 bits per heavy atom. The van der Waals surface area contributed by atoms with E-state index in [1.54, 1.807) is 18.2 Å². The lowest BCUT2D eigenvalue weighted by Crippen LogP contribution is -2.54. The van der Waals surface area contributed by atoms with E-state index in [-0.39, 0.29) is 29.7 Å². The van der Waals surface area contributed by atoms with Gasteiger partial charge in [-0.05, 0) is 31.9 Å². The van der Waals surface area contributed by atoms with Gasteiger partial charge in [0, 0.05) is 37.8 Å². The summed E-state index contributed by atoms with van der Waals surface area (Å²) in [6.07, 6.45) is 5.71. The summed E-state index contributed by atoms with van der Waals surface area (Å²) >= 11 is 13.8. The Morgan fingerprint density at radius 3 is 2.62 bits per heavy atom. The van der Waals surface area contributed by atoms with Gasteiger partial charge >= 0.3 is 0 Å². The number of benzene rings is 1. The highest BCUT2D eigenvalue weighted by Crippen LogP contribution is 2.26. The number of carbonyl (C=O) groups is 2. The number of thioether (sulfide) groups is 1. The van der Waals surface area contributed by atoms with Gasteiger partial charge in [-0.1, -0.05) is 66.4 Å². The molecule has 2 heterocycles. The van der Waals surface area contributed by atoms with Gasteiger partial charge in [0.2, 0.25) is 5.91 Å². The minimum atomic E-state index is -0.0707. The molecule has 182 valence electrons. The molecule has 0 bridgehead atoms. The van der Waals surface area contributed by atoms with E-state index in [0.717, 1.165) is 12.8 Å². The van der Waals surface area contributed by atoms with Crippen molar-refractivity contribution in [1.82, 2.24) is 20.2 Å². The van der Waals surface area contributed by atoms with Crippen molar-refractivity contribution in [2.75, 3.05) is 30.3 Å². The van der Waals surface area contributed by atoms with Crippen molar-refractivity contribution in [3.05, 3.63) is 46.1 Å². The number of piperazine rings is 1. The SMILES string of the molecule is CC1CN(c2cc(Cl)nc(SCC(=O)NC3CCCCC3)n2)CCN1C(=O)c1ccccc1Cl. The monoisotopic (exact) mass is 521 g/mol. The maximum atomic E-state index is 13.0. The van der Waals surface area contributed by atoms with E-state index in [4.69, 9.17) is 23.2 Å². The Labute approximate surface area is 214 Å². The topological polar surface area (TPSA) is 78.4 Å². The van der Waals surface area contributed by atoms with E-state index in [1.807, 2.05) is 24.0 Å². The smallest absolute Gasteiger partial charge is 0.255 e. The largest absolute Gasteiger partial charge is 0.353 e. The number of nitrogens with zero attached hydrogens (tertiary/aromatic N) is 4. The Kier molecular flexibility index (Phi) is 8.55. The number of nitrogens with one attached hydrogen (secondary N) is 1. The van der Waals surface area contributed by atoms with Gasteiger partial charge in [-0.2, -0.15) is 0 Å². The molecule has 10 heteroatoms. The molecule has 2 aromatic rings. The van der Waals surface area contributed by atoms with E-state index in [2.05, 4.69) is 20.2 Å². The number of anilines is 1. The highest BCUT2D eigenvalue weighted by molar-refractivity contribution is 7.99.